The van der Waals surface area contributed by atoms with E-state index in [2.05, 4.69) is 0 Å². The van der Waals surface area contributed by atoms with E-state index < -0.39 is 5.97 Å². The van der Waals surface area contributed by atoms with E-state index in [-0.39, 0.29) is 12.4 Å². The Labute approximate surface area is 225 Å². The molecule has 39 heavy (non-hydrogen) atoms. The smallest absolute Gasteiger partial charge is 0.339 e. The normalized spacial score (nSPS) is 11.0. The van der Waals surface area contributed by atoms with Crippen LogP contribution in [-0.2, 0) is 11.3 Å². The Bertz CT molecular complexity index is 1670. The van der Waals surface area contributed by atoms with Gasteiger partial charge in [0.05, 0.1) is 43.8 Å². The van der Waals surface area contributed by atoms with Gasteiger partial charge in [-0.1, -0.05) is 18.2 Å². The number of hydrogen-bond donors (Lipinski definition) is 0. The molecule has 0 fully saturated rings. The summed E-state index contributed by atoms with van der Waals surface area (Å²) in [5.74, 6) is 1.04. The molecule has 0 spiro atoms. The maximum absolute atomic E-state index is 13.3. The van der Waals surface area contributed by atoms with Crippen molar-refractivity contribution in [1.82, 2.24) is 9.55 Å². The third kappa shape index (κ3) is 5.13. The van der Waals surface area contributed by atoms with Crippen LogP contribution in [0.5, 0.6) is 11.5 Å². The van der Waals surface area contributed by atoms with Gasteiger partial charge < -0.3 is 23.2 Å². The van der Waals surface area contributed by atoms with Gasteiger partial charge in [-0.3, -0.25) is 4.79 Å². The summed E-state index contributed by atoms with van der Waals surface area (Å²) in [5, 5.41) is 0.635. The van der Waals surface area contributed by atoms with E-state index in [0.29, 0.717) is 45.8 Å². The van der Waals surface area contributed by atoms with Crippen LogP contribution in [0.4, 0.5) is 0 Å². The van der Waals surface area contributed by atoms with Crippen molar-refractivity contribution in [3.8, 4) is 22.8 Å². The maximum Gasteiger partial charge on any atom is 0.339 e. The number of ether oxygens (including phenoxy) is 3. The molecule has 0 amide bonds. The number of ketones is 1. The van der Waals surface area contributed by atoms with Crippen LogP contribution in [0.15, 0.2) is 77.4 Å². The topological polar surface area (TPSA) is 92.8 Å². The average Bonchev–Trinajstić information content (AvgIpc) is 3.58. The summed E-state index contributed by atoms with van der Waals surface area (Å²) in [6, 6.07) is 19.9. The highest BCUT2D eigenvalue weighted by Crippen LogP contribution is 2.33. The Hall–Kier alpha value is -4.85. The molecule has 0 atom stereocenters. The number of carbonyl (C=O) groups is 2. The molecule has 5 rings (SSSR count). The van der Waals surface area contributed by atoms with Crippen molar-refractivity contribution in [3.63, 3.8) is 0 Å². The van der Waals surface area contributed by atoms with Crippen molar-refractivity contribution in [2.24, 2.45) is 0 Å². The van der Waals surface area contributed by atoms with E-state index in [1.165, 1.54) is 0 Å². The molecule has 5 aromatic rings. The largest absolute Gasteiger partial charge is 0.493 e. The number of Topliss-reactive ketones (excluding diaryl/α,β-unsaturated/α-hetero) is 1. The molecule has 0 aliphatic heterocycles. The van der Waals surface area contributed by atoms with Crippen molar-refractivity contribution in [2.45, 2.75) is 20.4 Å². The van der Waals surface area contributed by atoms with E-state index in [0.717, 1.165) is 22.7 Å². The quantitative estimate of drug-likeness (QED) is 0.172. The van der Waals surface area contributed by atoms with Gasteiger partial charge in [0.1, 0.15) is 5.76 Å². The zero-order valence-corrected chi connectivity index (χ0v) is 22.2. The van der Waals surface area contributed by atoms with Gasteiger partial charge in [0.2, 0.25) is 5.78 Å². The number of hydrogen-bond acceptors (Lipinski definition) is 7. The minimum atomic E-state index is -0.604. The molecule has 8 nitrogen and oxygen atoms in total. The standard InChI is InChI=1S/C31H28N2O6/c1-19-14-24(20(2)33(19)17-22-8-7-13-38-22)28(34)18-39-31(35)25-16-27(32-26-10-6-5-9-23(25)26)21-11-12-29(36-3)30(15-21)37-4/h5-16H,17-18H2,1-4H3. The average molecular weight is 525 g/mol. The third-order valence-electron chi connectivity index (χ3n) is 6.72. The molecule has 0 bridgehead atoms. The highest BCUT2D eigenvalue weighted by molar-refractivity contribution is 6.06. The zero-order valence-electron chi connectivity index (χ0n) is 22.2. The van der Waals surface area contributed by atoms with E-state index in [1.54, 1.807) is 44.7 Å². The summed E-state index contributed by atoms with van der Waals surface area (Å²) < 4.78 is 23.8. The first-order valence-corrected chi connectivity index (χ1v) is 12.4. The fourth-order valence-electron chi connectivity index (χ4n) is 4.66. The van der Waals surface area contributed by atoms with Gasteiger partial charge in [-0.05, 0) is 62.4 Å². The van der Waals surface area contributed by atoms with E-state index in [9.17, 15) is 9.59 Å². The Balaban J connectivity index is 1.40. The second kappa shape index (κ2) is 10.9. The minimum absolute atomic E-state index is 0.277. The molecular weight excluding hydrogens is 496 g/mol. The first-order chi connectivity index (χ1) is 18.9. The molecule has 2 aromatic carbocycles. The molecule has 0 saturated carbocycles. The summed E-state index contributed by atoms with van der Waals surface area (Å²) in [6.07, 6.45) is 1.62. The maximum atomic E-state index is 13.3. The van der Waals surface area contributed by atoms with Crippen LogP contribution >= 0.6 is 0 Å². The summed E-state index contributed by atoms with van der Waals surface area (Å²) in [5.41, 5.74) is 4.47. The third-order valence-corrected chi connectivity index (χ3v) is 6.72. The van der Waals surface area contributed by atoms with Crippen LogP contribution < -0.4 is 9.47 Å². The van der Waals surface area contributed by atoms with Crippen LogP contribution in [0.25, 0.3) is 22.2 Å². The molecule has 0 N–H and O–H groups in total. The number of nitrogens with zero attached hydrogens (tertiary/aromatic N) is 2. The van der Waals surface area contributed by atoms with Gasteiger partial charge in [0.25, 0.3) is 0 Å². The predicted molar refractivity (Wildman–Crippen MR) is 147 cm³/mol. The van der Waals surface area contributed by atoms with Crippen molar-refractivity contribution >= 4 is 22.7 Å². The van der Waals surface area contributed by atoms with Crippen LogP contribution in [0.3, 0.4) is 0 Å². The molecule has 0 aliphatic rings. The van der Waals surface area contributed by atoms with Crippen molar-refractivity contribution in [2.75, 3.05) is 20.8 Å². The van der Waals surface area contributed by atoms with Gasteiger partial charge in [-0.15, -0.1) is 0 Å². The second-order valence-corrected chi connectivity index (χ2v) is 9.09. The molecule has 0 aliphatic carbocycles. The van der Waals surface area contributed by atoms with Gasteiger partial charge in [0.15, 0.2) is 18.1 Å². The lowest BCUT2D eigenvalue weighted by atomic mass is 10.0. The number of aromatic nitrogens is 2. The Kier molecular flexibility index (Phi) is 7.19. The second-order valence-electron chi connectivity index (χ2n) is 9.09. The zero-order chi connectivity index (χ0) is 27.5. The first kappa shape index (κ1) is 25.8. The van der Waals surface area contributed by atoms with E-state index in [1.807, 2.05) is 60.9 Å². The van der Waals surface area contributed by atoms with Crippen LogP contribution in [0.1, 0.15) is 37.9 Å². The fraction of sp³-hybridized carbons (Fsp3) is 0.194. The highest BCUT2D eigenvalue weighted by atomic mass is 16.5. The first-order valence-electron chi connectivity index (χ1n) is 12.4. The summed E-state index contributed by atoms with van der Waals surface area (Å²) >= 11 is 0. The Morgan fingerprint density at radius 1 is 0.897 bits per heavy atom. The van der Waals surface area contributed by atoms with Crippen molar-refractivity contribution in [3.05, 3.63) is 101 Å². The molecule has 0 saturated heterocycles. The van der Waals surface area contributed by atoms with Gasteiger partial charge >= 0.3 is 5.97 Å². The van der Waals surface area contributed by atoms with Gasteiger partial charge in [-0.2, -0.15) is 0 Å². The van der Waals surface area contributed by atoms with Crippen LogP contribution in [0, 0.1) is 13.8 Å². The Morgan fingerprint density at radius 3 is 2.44 bits per heavy atom. The summed E-state index contributed by atoms with van der Waals surface area (Å²) in [7, 11) is 3.13. The SMILES string of the molecule is COc1ccc(-c2cc(C(=O)OCC(=O)c3cc(C)n(Cc4ccco4)c3C)c3ccccc3n2)cc1OC. The number of benzene rings is 2. The molecule has 0 radical (unpaired) electrons. The molecule has 3 aromatic heterocycles. The summed E-state index contributed by atoms with van der Waals surface area (Å²) in [4.78, 5) is 31.1. The summed E-state index contributed by atoms with van der Waals surface area (Å²) in [6.45, 7) is 3.93. The molecule has 3 heterocycles. The molecular formula is C31H28N2O6. The lowest BCUT2D eigenvalue weighted by Crippen LogP contribution is -2.16. The van der Waals surface area contributed by atoms with E-state index >= 15 is 0 Å². The number of aryl methyl sites for hydroxylation is 1. The lowest BCUT2D eigenvalue weighted by Gasteiger charge is -2.12. The number of para-hydroxylation sites is 1. The number of pyridine rings is 1. The van der Waals surface area contributed by atoms with Crippen LogP contribution in [-0.4, -0.2) is 42.1 Å². The lowest BCUT2D eigenvalue weighted by molar-refractivity contribution is 0.0476. The van der Waals surface area contributed by atoms with Gasteiger partial charge in [-0.25, -0.2) is 9.78 Å². The monoisotopic (exact) mass is 524 g/mol. The number of esters is 1. The fourth-order valence-corrected chi connectivity index (χ4v) is 4.66. The van der Waals surface area contributed by atoms with Crippen molar-refractivity contribution in [1.29, 1.82) is 0 Å². The predicted octanol–water partition coefficient (Wildman–Crippen LogP) is 6.02. The van der Waals surface area contributed by atoms with E-state index in [4.69, 9.17) is 23.6 Å². The number of methoxy groups -OCH3 is 2. The number of rotatable bonds is 9. The molecule has 8 heteroatoms. The number of furan rings is 1. The number of carbonyl (C=O) groups excluding carboxylic acids is 2. The number of fused-ring (bicyclic) bond motifs is 1. The molecule has 198 valence electrons. The van der Waals surface area contributed by atoms with Crippen molar-refractivity contribution < 1.29 is 28.2 Å². The minimum Gasteiger partial charge on any atom is -0.493 e. The highest BCUT2D eigenvalue weighted by Gasteiger charge is 2.21. The Morgan fingerprint density at radius 2 is 1.69 bits per heavy atom. The van der Waals surface area contributed by atoms with Crippen LogP contribution in [0.2, 0.25) is 0 Å². The van der Waals surface area contributed by atoms with Gasteiger partial charge in [0, 0.05) is 27.9 Å². The molecule has 0 unspecified atom stereocenters.